The Morgan fingerprint density at radius 2 is 1.94 bits per heavy atom. The molecule has 1 aliphatic carbocycles. The van der Waals surface area contributed by atoms with Crippen LogP contribution >= 0.6 is 11.3 Å². The van der Waals surface area contributed by atoms with Gasteiger partial charge in [0, 0.05) is 17.8 Å². The molecule has 0 spiro atoms. The summed E-state index contributed by atoms with van der Waals surface area (Å²) in [5.41, 5.74) is 0.720. The van der Waals surface area contributed by atoms with Crippen LogP contribution in [0.15, 0.2) is 47.8 Å². The van der Waals surface area contributed by atoms with Crippen LogP contribution in [0.3, 0.4) is 0 Å². The van der Waals surface area contributed by atoms with E-state index < -0.39 is 5.54 Å². The molecule has 1 fully saturated rings. The van der Waals surface area contributed by atoms with E-state index in [1.165, 1.54) is 12.8 Å². The number of aromatic nitrogens is 2. The Morgan fingerprint density at radius 1 is 1.15 bits per heavy atom. The monoisotopic (exact) mass is 478 g/mol. The molecule has 178 valence electrons. The van der Waals surface area contributed by atoms with Crippen molar-refractivity contribution >= 4 is 28.8 Å². The van der Waals surface area contributed by atoms with Gasteiger partial charge in [-0.05, 0) is 49.4 Å². The van der Waals surface area contributed by atoms with Crippen molar-refractivity contribution < 1.29 is 14.3 Å². The molecule has 1 saturated carbocycles. The smallest absolute Gasteiger partial charge is 0.277 e. The van der Waals surface area contributed by atoms with Crippen molar-refractivity contribution in [3.05, 3.63) is 53.5 Å². The molecule has 2 amide bonds. The summed E-state index contributed by atoms with van der Waals surface area (Å²) in [6, 6.07) is 13.2. The third-order valence-electron chi connectivity index (χ3n) is 6.92. The third kappa shape index (κ3) is 4.11. The van der Waals surface area contributed by atoms with Crippen LogP contribution in [0.2, 0.25) is 0 Å². The van der Waals surface area contributed by atoms with Gasteiger partial charge in [-0.15, -0.1) is 11.3 Å². The molecule has 3 heterocycles. The second-order valence-electron chi connectivity index (χ2n) is 9.33. The molecule has 1 aromatic carbocycles. The maximum atomic E-state index is 13.9. The normalized spacial score (nSPS) is 21.1. The van der Waals surface area contributed by atoms with Gasteiger partial charge in [0.25, 0.3) is 5.91 Å². The molecule has 2 aromatic heterocycles. The fourth-order valence-electron chi connectivity index (χ4n) is 5.04. The SMILES string of the molecule is COc1cccc(N2C(=O)c3cc(-c4cccs4)nn3C[C@]2(C)C(=O)NC2CCCCCC2)c1. The lowest BCUT2D eigenvalue weighted by molar-refractivity contribution is -0.127. The number of benzene rings is 1. The Kier molecular flexibility index (Phi) is 6.16. The van der Waals surface area contributed by atoms with E-state index in [-0.39, 0.29) is 24.4 Å². The largest absolute Gasteiger partial charge is 0.497 e. The van der Waals surface area contributed by atoms with Gasteiger partial charge in [-0.3, -0.25) is 19.2 Å². The summed E-state index contributed by atoms with van der Waals surface area (Å²) in [5, 5.41) is 9.99. The summed E-state index contributed by atoms with van der Waals surface area (Å²) in [5.74, 6) is 0.248. The number of methoxy groups -OCH3 is 1. The first-order valence-electron chi connectivity index (χ1n) is 11.9. The second-order valence-corrected chi connectivity index (χ2v) is 10.3. The molecule has 0 unspecified atom stereocenters. The topological polar surface area (TPSA) is 76.5 Å². The van der Waals surface area contributed by atoms with Crippen molar-refractivity contribution in [2.75, 3.05) is 12.0 Å². The number of anilines is 1. The highest BCUT2D eigenvalue weighted by molar-refractivity contribution is 7.13. The van der Waals surface area contributed by atoms with E-state index in [0.29, 0.717) is 17.1 Å². The maximum Gasteiger partial charge on any atom is 0.277 e. The Balaban J connectivity index is 1.55. The molecular weight excluding hydrogens is 448 g/mol. The van der Waals surface area contributed by atoms with E-state index in [4.69, 9.17) is 9.84 Å². The minimum atomic E-state index is -1.14. The molecular formula is C26H30N4O3S. The van der Waals surface area contributed by atoms with E-state index in [1.54, 1.807) is 34.1 Å². The fourth-order valence-corrected chi connectivity index (χ4v) is 5.73. The fraction of sp³-hybridized carbons (Fsp3) is 0.423. The van der Waals surface area contributed by atoms with Crippen LogP contribution in [0.4, 0.5) is 5.69 Å². The van der Waals surface area contributed by atoms with E-state index in [1.807, 2.05) is 48.7 Å². The lowest BCUT2D eigenvalue weighted by atomic mass is 9.93. The van der Waals surface area contributed by atoms with Crippen LogP contribution in [0.1, 0.15) is 55.9 Å². The highest BCUT2D eigenvalue weighted by Crippen LogP contribution is 2.36. The first-order chi connectivity index (χ1) is 16.5. The highest BCUT2D eigenvalue weighted by Gasteiger charge is 2.49. The second kappa shape index (κ2) is 9.25. The van der Waals surface area contributed by atoms with Crippen molar-refractivity contribution in [3.63, 3.8) is 0 Å². The molecule has 2 aliphatic rings. The zero-order valence-corrected chi connectivity index (χ0v) is 20.4. The summed E-state index contributed by atoms with van der Waals surface area (Å²) < 4.78 is 7.11. The van der Waals surface area contributed by atoms with Gasteiger partial charge in [0.2, 0.25) is 5.91 Å². The van der Waals surface area contributed by atoms with Gasteiger partial charge in [0.15, 0.2) is 0 Å². The van der Waals surface area contributed by atoms with Crippen LogP contribution in [0.25, 0.3) is 10.6 Å². The van der Waals surface area contributed by atoms with Gasteiger partial charge in [-0.1, -0.05) is 37.8 Å². The van der Waals surface area contributed by atoms with Crippen molar-refractivity contribution in [2.45, 2.75) is 63.6 Å². The summed E-state index contributed by atoms with van der Waals surface area (Å²) in [4.78, 5) is 30.4. The Labute approximate surface area is 203 Å². The number of hydrogen-bond donors (Lipinski definition) is 1. The summed E-state index contributed by atoms with van der Waals surface area (Å²) in [6.45, 7) is 2.11. The zero-order valence-electron chi connectivity index (χ0n) is 19.6. The molecule has 5 rings (SSSR count). The Hall–Kier alpha value is -3.13. The summed E-state index contributed by atoms with van der Waals surface area (Å²) >= 11 is 1.58. The highest BCUT2D eigenvalue weighted by atomic mass is 32.1. The zero-order chi connectivity index (χ0) is 23.7. The molecule has 0 saturated heterocycles. The first-order valence-corrected chi connectivity index (χ1v) is 12.8. The van der Waals surface area contributed by atoms with Crippen molar-refractivity contribution in [1.82, 2.24) is 15.1 Å². The van der Waals surface area contributed by atoms with Crippen molar-refractivity contribution in [3.8, 4) is 16.3 Å². The number of hydrogen-bond acceptors (Lipinski definition) is 5. The average Bonchev–Trinajstić information content (AvgIpc) is 3.45. The van der Waals surface area contributed by atoms with Crippen molar-refractivity contribution in [2.24, 2.45) is 0 Å². The van der Waals surface area contributed by atoms with Crippen LogP contribution in [0.5, 0.6) is 5.75 Å². The molecule has 1 N–H and O–H groups in total. The number of nitrogens with zero attached hydrogens (tertiary/aromatic N) is 3. The quantitative estimate of drug-likeness (QED) is 0.531. The number of amides is 2. The number of thiophene rings is 1. The maximum absolute atomic E-state index is 13.9. The van der Waals surface area contributed by atoms with Gasteiger partial charge in [-0.25, -0.2) is 0 Å². The van der Waals surface area contributed by atoms with E-state index >= 15 is 0 Å². The van der Waals surface area contributed by atoms with Crippen LogP contribution in [-0.2, 0) is 11.3 Å². The lowest BCUT2D eigenvalue weighted by Gasteiger charge is -2.43. The summed E-state index contributed by atoms with van der Waals surface area (Å²) in [6.07, 6.45) is 6.61. The number of carbonyl (C=O) groups is 2. The molecule has 3 aromatic rings. The molecule has 1 atom stereocenters. The molecule has 34 heavy (non-hydrogen) atoms. The van der Waals surface area contributed by atoms with E-state index in [0.717, 1.165) is 36.3 Å². The summed E-state index contributed by atoms with van der Waals surface area (Å²) in [7, 11) is 1.59. The minimum Gasteiger partial charge on any atom is -0.497 e. The van der Waals surface area contributed by atoms with Gasteiger partial charge < -0.3 is 10.1 Å². The lowest BCUT2D eigenvalue weighted by Crippen LogP contribution is -2.65. The molecule has 7 nitrogen and oxygen atoms in total. The molecule has 0 radical (unpaired) electrons. The van der Waals surface area contributed by atoms with Crippen molar-refractivity contribution in [1.29, 1.82) is 0 Å². The minimum absolute atomic E-state index is 0.134. The standard InChI is InChI=1S/C26H30N4O3S/c1-26(25(32)27-18-9-5-3-4-6-10-18)17-29-22(16-21(28-29)23-13-8-14-34-23)24(31)30(26)19-11-7-12-20(15-19)33-2/h7-8,11-16,18H,3-6,9-10,17H2,1-2H3,(H,27,32)/t26-/m1/s1. The van der Waals surface area contributed by atoms with E-state index in [9.17, 15) is 9.59 Å². The Morgan fingerprint density at radius 3 is 2.65 bits per heavy atom. The van der Waals surface area contributed by atoms with Crippen LogP contribution in [-0.4, -0.2) is 40.3 Å². The third-order valence-corrected chi connectivity index (χ3v) is 7.81. The number of ether oxygens (including phenoxy) is 1. The number of carbonyl (C=O) groups excluding carboxylic acids is 2. The predicted molar refractivity (Wildman–Crippen MR) is 133 cm³/mol. The van der Waals surface area contributed by atoms with Gasteiger partial charge in [0.05, 0.1) is 18.5 Å². The van der Waals surface area contributed by atoms with Gasteiger partial charge in [0.1, 0.15) is 22.7 Å². The van der Waals surface area contributed by atoms with Crippen LogP contribution in [0, 0.1) is 0 Å². The van der Waals surface area contributed by atoms with Gasteiger partial charge >= 0.3 is 0 Å². The van der Waals surface area contributed by atoms with Gasteiger partial charge in [-0.2, -0.15) is 5.10 Å². The average molecular weight is 479 g/mol. The predicted octanol–water partition coefficient (Wildman–Crippen LogP) is 4.88. The molecule has 1 aliphatic heterocycles. The van der Waals surface area contributed by atoms with E-state index in [2.05, 4.69) is 5.32 Å². The molecule has 0 bridgehead atoms. The molecule has 8 heteroatoms. The number of fused-ring (bicyclic) bond motifs is 1. The first kappa shape index (κ1) is 22.7. The number of nitrogens with one attached hydrogen (secondary N) is 1. The van der Waals surface area contributed by atoms with Crippen LogP contribution < -0.4 is 15.0 Å². The Bertz CT molecular complexity index is 1180. The number of rotatable bonds is 5.